The molecule has 0 spiro atoms. The fourth-order valence-electron chi connectivity index (χ4n) is 3.04. The molecule has 27 heavy (non-hydrogen) atoms. The standard InChI is InChI=1S/C18H17N3O6/c22-14-5-6-15(23)20(14)12-3-1-11(2-4-12)19-10-9-13(18(26)27)21-16(24)7-8-17(21)25/h1-6,13,19H,7-10H2,(H,26,27). The van der Waals surface area contributed by atoms with E-state index in [1.807, 2.05) is 0 Å². The summed E-state index contributed by atoms with van der Waals surface area (Å²) >= 11 is 0. The molecule has 2 aliphatic rings. The van der Waals surface area contributed by atoms with Gasteiger partial charge in [-0.05, 0) is 30.7 Å². The number of aliphatic carboxylic acids is 1. The van der Waals surface area contributed by atoms with Crippen molar-refractivity contribution in [3.8, 4) is 0 Å². The molecule has 0 saturated carbocycles. The second-order valence-electron chi connectivity index (χ2n) is 6.12. The van der Waals surface area contributed by atoms with Crippen LogP contribution in [0.1, 0.15) is 19.3 Å². The molecule has 4 amide bonds. The minimum Gasteiger partial charge on any atom is -0.480 e. The van der Waals surface area contributed by atoms with E-state index in [2.05, 4.69) is 5.32 Å². The van der Waals surface area contributed by atoms with Crippen molar-refractivity contribution in [2.75, 3.05) is 16.8 Å². The predicted octanol–water partition coefficient (Wildman–Crippen LogP) is 0.520. The van der Waals surface area contributed by atoms with Crippen LogP contribution < -0.4 is 10.2 Å². The van der Waals surface area contributed by atoms with Gasteiger partial charge in [-0.2, -0.15) is 0 Å². The van der Waals surface area contributed by atoms with E-state index < -0.39 is 35.6 Å². The van der Waals surface area contributed by atoms with Crippen LogP contribution in [0.5, 0.6) is 0 Å². The van der Waals surface area contributed by atoms with Gasteiger partial charge in [0.1, 0.15) is 6.04 Å². The molecule has 1 fully saturated rings. The zero-order chi connectivity index (χ0) is 19.6. The Kier molecular flexibility index (Phi) is 5.02. The third-order valence-electron chi connectivity index (χ3n) is 4.37. The molecule has 0 aliphatic carbocycles. The normalized spacial score (nSPS) is 17.8. The number of likely N-dealkylation sites (tertiary alicyclic amines) is 1. The summed E-state index contributed by atoms with van der Waals surface area (Å²) in [4.78, 5) is 60.1. The summed E-state index contributed by atoms with van der Waals surface area (Å²) in [7, 11) is 0. The smallest absolute Gasteiger partial charge is 0.326 e. The first-order valence-electron chi connectivity index (χ1n) is 8.36. The predicted molar refractivity (Wildman–Crippen MR) is 93.7 cm³/mol. The number of hydrogen-bond acceptors (Lipinski definition) is 6. The van der Waals surface area contributed by atoms with E-state index in [1.165, 1.54) is 12.2 Å². The molecule has 1 unspecified atom stereocenters. The first-order valence-corrected chi connectivity index (χ1v) is 8.36. The van der Waals surface area contributed by atoms with E-state index in [-0.39, 0.29) is 25.8 Å². The maximum Gasteiger partial charge on any atom is 0.326 e. The molecule has 3 rings (SSSR count). The zero-order valence-electron chi connectivity index (χ0n) is 14.3. The molecule has 2 heterocycles. The maximum atomic E-state index is 11.7. The molecule has 1 saturated heterocycles. The van der Waals surface area contributed by atoms with Gasteiger partial charge < -0.3 is 10.4 Å². The monoisotopic (exact) mass is 371 g/mol. The van der Waals surface area contributed by atoms with Crippen LogP contribution >= 0.6 is 0 Å². The highest BCUT2D eigenvalue weighted by molar-refractivity contribution is 6.28. The van der Waals surface area contributed by atoms with Crippen LogP contribution in [0, 0.1) is 0 Å². The molecule has 2 N–H and O–H groups in total. The zero-order valence-corrected chi connectivity index (χ0v) is 14.3. The number of rotatable bonds is 7. The van der Waals surface area contributed by atoms with E-state index in [4.69, 9.17) is 0 Å². The number of nitrogens with one attached hydrogen (secondary N) is 1. The lowest BCUT2D eigenvalue weighted by Gasteiger charge is -2.22. The number of hydrogen-bond donors (Lipinski definition) is 2. The largest absolute Gasteiger partial charge is 0.480 e. The van der Waals surface area contributed by atoms with E-state index in [0.29, 0.717) is 11.4 Å². The first kappa shape index (κ1) is 18.3. The van der Waals surface area contributed by atoms with Crippen molar-refractivity contribution in [3.63, 3.8) is 0 Å². The van der Waals surface area contributed by atoms with Crippen LogP contribution in [0.4, 0.5) is 11.4 Å². The fraction of sp³-hybridized carbons (Fsp3) is 0.278. The molecule has 0 radical (unpaired) electrons. The van der Waals surface area contributed by atoms with Gasteiger partial charge in [0.15, 0.2) is 0 Å². The average molecular weight is 371 g/mol. The van der Waals surface area contributed by atoms with Crippen molar-refractivity contribution >= 4 is 41.0 Å². The Morgan fingerprint density at radius 3 is 2.07 bits per heavy atom. The van der Waals surface area contributed by atoms with Crippen molar-refractivity contribution in [1.29, 1.82) is 0 Å². The van der Waals surface area contributed by atoms with Gasteiger partial charge in [0, 0.05) is 37.2 Å². The van der Waals surface area contributed by atoms with Gasteiger partial charge in [0.05, 0.1) is 5.69 Å². The van der Waals surface area contributed by atoms with Crippen molar-refractivity contribution in [3.05, 3.63) is 36.4 Å². The molecular formula is C18H17N3O6. The molecular weight excluding hydrogens is 354 g/mol. The van der Waals surface area contributed by atoms with Crippen molar-refractivity contribution in [1.82, 2.24) is 4.90 Å². The lowest BCUT2D eigenvalue weighted by molar-refractivity contribution is -0.154. The molecule has 1 aromatic carbocycles. The number of nitrogens with zero attached hydrogens (tertiary/aromatic N) is 2. The molecule has 1 aromatic rings. The van der Waals surface area contributed by atoms with E-state index in [0.717, 1.165) is 9.80 Å². The van der Waals surface area contributed by atoms with Crippen LogP contribution in [-0.4, -0.2) is 52.2 Å². The second-order valence-corrected chi connectivity index (χ2v) is 6.12. The minimum atomic E-state index is -1.23. The van der Waals surface area contributed by atoms with Crippen molar-refractivity contribution in [2.24, 2.45) is 0 Å². The summed E-state index contributed by atoms with van der Waals surface area (Å²) in [6, 6.07) is 5.28. The molecule has 1 atom stereocenters. The topological polar surface area (TPSA) is 124 Å². The Hall–Kier alpha value is -3.49. The Morgan fingerprint density at radius 1 is 1.00 bits per heavy atom. The highest BCUT2D eigenvalue weighted by Crippen LogP contribution is 2.22. The van der Waals surface area contributed by atoms with Crippen molar-refractivity contribution < 1.29 is 29.1 Å². The average Bonchev–Trinajstić information content (AvgIpc) is 3.14. The number of carboxylic acid groups (broad SMARTS) is 1. The van der Waals surface area contributed by atoms with Crippen LogP contribution in [0.15, 0.2) is 36.4 Å². The van der Waals surface area contributed by atoms with E-state index in [1.54, 1.807) is 24.3 Å². The second kappa shape index (κ2) is 7.40. The molecule has 0 bridgehead atoms. The molecule has 0 aromatic heterocycles. The van der Waals surface area contributed by atoms with Gasteiger partial charge in [-0.3, -0.25) is 24.1 Å². The third-order valence-corrected chi connectivity index (χ3v) is 4.37. The van der Waals surface area contributed by atoms with Gasteiger partial charge >= 0.3 is 5.97 Å². The van der Waals surface area contributed by atoms with Gasteiger partial charge in [-0.25, -0.2) is 9.69 Å². The Balaban J connectivity index is 1.59. The van der Waals surface area contributed by atoms with Crippen LogP contribution in [-0.2, 0) is 24.0 Å². The first-order chi connectivity index (χ1) is 12.9. The number of anilines is 2. The SMILES string of the molecule is O=C(O)C(CCNc1ccc(N2C(=O)C=CC2=O)cc1)N1C(=O)CCC1=O. The number of imide groups is 2. The fourth-order valence-corrected chi connectivity index (χ4v) is 3.04. The number of amides is 4. The maximum absolute atomic E-state index is 11.7. The van der Waals surface area contributed by atoms with E-state index in [9.17, 15) is 29.1 Å². The molecule has 9 heteroatoms. The minimum absolute atomic E-state index is 0.0420. The number of carbonyl (C=O) groups is 5. The summed E-state index contributed by atoms with van der Waals surface area (Å²) in [5.74, 6) is -2.99. The number of benzene rings is 1. The quantitative estimate of drug-likeness (QED) is 0.670. The number of carboxylic acids is 1. The van der Waals surface area contributed by atoms with Crippen LogP contribution in [0.2, 0.25) is 0 Å². The Morgan fingerprint density at radius 2 is 1.56 bits per heavy atom. The lowest BCUT2D eigenvalue weighted by atomic mass is 10.1. The highest BCUT2D eigenvalue weighted by Gasteiger charge is 2.38. The Labute approximate surface area is 154 Å². The van der Waals surface area contributed by atoms with Crippen molar-refractivity contribution in [2.45, 2.75) is 25.3 Å². The summed E-state index contributed by atoms with van der Waals surface area (Å²) in [6.45, 7) is 0.219. The summed E-state index contributed by atoms with van der Waals surface area (Å²) < 4.78 is 0. The number of carbonyl (C=O) groups excluding carboxylic acids is 4. The van der Waals surface area contributed by atoms with Crippen LogP contribution in [0.3, 0.4) is 0 Å². The summed E-state index contributed by atoms with van der Waals surface area (Å²) in [5, 5.41) is 12.3. The third kappa shape index (κ3) is 3.71. The van der Waals surface area contributed by atoms with Gasteiger partial charge in [0.25, 0.3) is 11.8 Å². The Bertz CT molecular complexity index is 811. The molecule has 2 aliphatic heterocycles. The molecule has 9 nitrogen and oxygen atoms in total. The van der Waals surface area contributed by atoms with Crippen LogP contribution in [0.25, 0.3) is 0 Å². The van der Waals surface area contributed by atoms with E-state index >= 15 is 0 Å². The van der Waals surface area contributed by atoms with Gasteiger partial charge in [-0.15, -0.1) is 0 Å². The summed E-state index contributed by atoms with van der Waals surface area (Å²) in [6.07, 6.45) is 2.53. The summed E-state index contributed by atoms with van der Waals surface area (Å²) in [5.41, 5.74) is 1.08. The van der Waals surface area contributed by atoms with Gasteiger partial charge in [-0.1, -0.05) is 0 Å². The van der Waals surface area contributed by atoms with Gasteiger partial charge in [0.2, 0.25) is 11.8 Å². The molecule has 140 valence electrons. The highest BCUT2D eigenvalue weighted by atomic mass is 16.4. The lowest BCUT2D eigenvalue weighted by Crippen LogP contribution is -2.45.